The third kappa shape index (κ3) is 2.19. The predicted molar refractivity (Wildman–Crippen MR) is 50.4 cm³/mol. The van der Waals surface area contributed by atoms with Crippen LogP contribution in [-0.4, -0.2) is 59.6 Å². The summed E-state index contributed by atoms with van der Waals surface area (Å²) in [6.07, 6.45) is 0. The fourth-order valence-electron chi connectivity index (χ4n) is 2.16. The van der Waals surface area contributed by atoms with Gasteiger partial charge in [0, 0.05) is 25.2 Å². The van der Waals surface area contributed by atoms with E-state index in [4.69, 9.17) is 5.11 Å². The quantitative estimate of drug-likeness (QED) is 0.602. The number of nitrogens with zero attached hydrogens (tertiary/aromatic N) is 2. The Kier molecular flexibility index (Phi) is 3.27. The fourth-order valence-corrected chi connectivity index (χ4v) is 2.16. The first-order valence-electron chi connectivity index (χ1n) is 4.66. The molecule has 0 aliphatic carbocycles. The molecule has 4 nitrogen and oxygen atoms in total. The van der Waals surface area contributed by atoms with Crippen molar-refractivity contribution in [3.63, 3.8) is 0 Å². The molecule has 1 heterocycles. The zero-order valence-corrected chi connectivity index (χ0v) is 8.53. The fraction of sp³-hybridized carbons (Fsp3) is 0.889. The molecule has 1 fully saturated rings. The van der Waals surface area contributed by atoms with Crippen molar-refractivity contribution in [3.05, 3.63) is 0 Å². The molecular weight excluding hydrogens is 168 g/mol. The van der Waals surface area contributed by atoms with Gasteiger partial charge in [-0.25, -0.2) is 0 Å². The van der Waals surface area contributed by atoms with Crippen LogP contribution in [0.5, 0.6) is 0 Å². The molecule has 0 aromatic carbocycles. The number of amides is 1. The molecule has 1 rings (SSSR count). The van der Waals surface area contributed by atoms with Crippen molar-refractivity contribution in [2.45, 2.75) is 25.9 Å². The van der Waals surface area contributed by atoms with Gasteiger partial charge >= 0.3 is 0 Å². The Morgan fingerprint density at radius 2 is 1.85 bits per heavy atom. The van der Waals surface area contributed by atoms with Crippen molar-refractivity contribution >= 4 is 5.91 Å². The average Bonchev–Trinajstić information content (AvgIpc) is 2.02. The maximum absolute atomic E-state index is 11.4. The minimum absolute atomic E-state index is 0.159. The van der Waals surface area contributed by atoms with E-state index in [1.807, 2.05) is 20.9 Å². The second kappa shape index (κ2) is 4.07. The van der Waals surface area contributed by atoms with Crippen LogP contribution in [0.25, 0.3) is 0 Å². The topological polar surface area (TPSA) is 43.8 Å². The van der Waals surface area contributed by atoms with E-state index in [2.05, 4.69) is 4.90 Å². The summed E-state index contributed by atoms with van der Waals surface area (Å²) in [7, 11) is 2.05. The summed E-state index contributed by atoms with van der Waals surface area (Å²) in [6, 6.07) is 0.404. The molecule has 0 radical (unpaired) electrons. The molecule has 0 spiro atoms. The highest BCUT2D eigenvalue weighted by Gasteiger charge is 2.30. The summed E-state index contributed by atoms with van der Waals surface area (Å²) in [5.41, 5.74) is 0. The van der Waals surface area contributed by atoms with Gasteiger partial charge in [-0.3, -0.25) is 4.79 Å². The molecule has 4 heteroatoms. The van der Waals surface area contributed by atoms with E-state index in [0.717, 1.165) is 13.1 Å². The maximum atomic E-state index is 11.4. The van der Waals surface area contributed by atoms with Gasteiger partial charge in [-0.2, -0.15) is 0 Å². The first-order valence-corrected chi connectivity index (χ1v) is 4.66. The van der Waals surface area contributed by atoms with Crippen LogP contribution >= 0.6 is 0 Å². The highest BCUT2D eigenvalue weighted by Crippen LogP contribution is 2.14. The van der Waals surface area contributed by atoms with Gasteiger partial charge in [0.2, 0.25) is 5.91 Å². The van der Waals surface area contributed by atoms with Crippen LogP contribution in [0, 0.1) is 0 Å². The van der Waals surface area contributed by atoms with Gasteiger partial charge in [0.1, 0.15) is 6.61 Å². The Bertz CT molecular complexity index is 184. The number of carbonyl (C=O) groups excluding carboxylic acids is 1. The third-order valence-corrected chi connectivity index (χ3v) is 2.52. The van der Waals surface area contributed by atoms with Crippen LogP contribution in [0.3, 0.4) is 0 Å². The van der Waals surface area contributed by atoms with E-state index >= 15 is 0 Å². The molecule has 0 bridgehead atoms. The SMILES string of the molecule is C[C@@H]1CN(C)C[C@H](C)N1C(=O)CO. The molecule has 76 valence electrons. The molecule has 0 aromatic heterocycles. The standard InChI is InChI=1S/C9H18N2O2/c1-7-4-10(3)5-8(2)11(7)9(13)6-12/h7-8,12H,4-6H2,1-3H3/t7-,8+. The van der Waals surface area contributed by atoms with Crippen LogP contribution in [0.2, 0.25) is 0 Å². The van der Waals surface area contributed by atoms with E-state index in [-0.39, 0.29) is 24.6 Å². The Balaban J connectivity index is 2.66. The summed E-state index contributed by atoms with van der Waals surface area (Å²) in [6.45, 7) is 5.42. The highest BCUT2D eigenvalue weighted by molar-refractivity contribution is 5.78. The molecule has 1 saturated heterocycles. The predicted octanol–water partition coefficient (Wildman–Crippen LogP) is -0.470. The summed E-state index contributed by atoms with van der Waals surface area (Å²) in [5, 5.41) is 8.78. The number of piperazine rings is 1. The Morgan fingerprint density at radius 1 is 1.38 bits per heavy atom. The van der Waals surface area contributed by atoms with Crippen molar-refractivity contribution in [1.29, 1.82) is 0 Å². The largest absolute Gasteiger partial charge is 0.387 e. The first-order chi connectivity index (χ1) is 6.06. The summed E-state index contributed by atoms with van der Waals surface area (Å²) in [5.74, 6) is -0.159. The number of likely N-dealkylation sites (N-methyl/N-ethyl adjacent to an activating group) is 1. The monoisotopic (exact) mass is 186 g/mol. The van der Waals surface area contributed by atoms with Crippen LogP contribution < -0.4 is 0 Å². The van der Waals surface area contributed by atoms with Crippen molar-refractivity contribution in [3.8, 4) is 0 Å². The number of aliphatic hydroxyl groups is 1. The van der Waals surface area contributed by atoms with Crippen molar-refractivity contribution in [2.24, 2.45) is 0 Å². The van der Waals surface area contributed by atoms with E-state index in [1.54, 1.807) is 4.90 Å². The number of hydrogen-bond acceptors (Lipinski definition) is 3. The highest BCUT2D eigenvalue weighted by atomic mass is 16.3. The van der Waals surface area contributed by atoms with Gasteiger partial charge in [-0.1, -0.05) is 0 Å². The van der Waals surface area contributed by atoms with E-state index < -0.39 is 0 Å². The molecule has 1 N–H and O–H groups in total. The summed E-state index contributed by atoms with van der Waals surface area (Å²) < 4.78 is 0. The molecule has 0 aromatic rings. The minimum atomic E-state index is -0.377. The lowest BCUT2D eigenvalue weighted by atomic mass is 10.1. The zero-order valence-electron chi connectivity index (χ0n) is 8.53. The molecule has 2 atom stereocenters. The summed E-state index contributed by atoms with van der Waals surface area (Å²) in [4.78, 5) is 15.3. The van der Waals surface area contributed by atoms with Gasteiger partial charge in [0.05, 0.1) is 0 Å². The van der Waals surface area contributed by atoms with Crippen LogP contribution in [-0.2, 0) is 4.79 Å². The van der Waals surface area contributed by atoms with Gasteiger partial charge in [0.15, 0.2) is 0 Å². The second-order valence-corrected chi connectivity index (χ2v) is 3.88. The van der Waals surface area contributed by atoms with Gasteiger partial charge in [-0.15, -0.1) is 0 Å². The van der Waals surface area contributed by atoms with Crippen LogP contribution in [0.1, 0.15) is 13.8 Å². The van der Waals surface area contributed by atoms with Crippen molar-refractivity contribution < 1.29 is 9.90 Å². The average molecular weight is 186 g/mol. The number of carbonyl (C=O) groups is 1. The van der Waals surface area contributed by atoms with Gasteiger partial charge in [0.25, 0.3) is 0 Å². The number of aliphatic hydroxyl groups excluding tert-OH is 1. The number of rotatable bonds is 1. The lowest BCUT2D eigenvalue weighted by Gasteiger charge is -2.42. The smallest absolute Gasteiger partial charge is 0.248 e. The second-order valence-electron chi connectivity index (χ2n) is 3.88. The first kappa shape index (κ1) is 10.5. The molecule has 13 heavy (non-hydrogen) atoms. The third-order valence-electron chi connectivity index (χ3n) is 2.52. The molecule has 1 aliphatic rings. The van der Waals surface area contributed by atoms with Crippen LogP contribution in [0.15, 0.2) is 0 Å². The lowest BCUT2D eigenvalue weighted by molar-refractivity contribution is -0.141. The van der Waals surface area contributed by atoms with Crippen LogP contribution in [0.4, 0.5) is 0 Å². The lowest BCUT2D eigenvalue weighted by Crippen LogP contribution is -2.58. The van der Waals surface area contributed by atoms with Crippen molar-refractivity contribution in [1.82, 2.24) is 9.80 Å². The van der Waals surface area contributed by atoms with Gasteiger partial charge in [-0.05, 0) is 20.9 Å². The van der Waals surface area contributed by atoms with Crippen molar-refractivity contribution in [2.75, 3.05) is 26.7 Å². The van der Waals surface area contributed by atoms with E-state index in [9.17, 15) is 4.79 Å². The van der Waals surface area contributed by atoms with E-state index in [0.29, 0.717) is 0 Å². The molecule has 1 aliphatic heterocycles. The Hall–Kier alpha value is -0.610. The molecule has 0 saturated carbocycles. The minimum Gasteiger partial charge on any atom is -0.387 e. The molecule has 0 unspecified atom stereocenters. The Labute approximate surface area is 79.1 Å². The molecule has 1 amide bonds. The summed E-state index contributed by atoms with van der Waals surface area (Å²) >= 11 is 0. The molecular formula is C9H18N2O2. The van der Waals surface area contributed by atoms with E-state index in [1.165, 1.54) is 0 Å². The van der Waals surface area contributed by atoms with Gasteiger partial charge < -0.3 is 14.9 Å². The number of hydrogen-bond donors (Lipinski definition) is 1. The normalized spacial score (nSPS) is 30.6. The Morgan fingerprint density at radius 3 is 2.23 bits per heavy atom. The zero-order chi connectivity index (χ0) is 10.0. The maximum Gasteiger partial charge on any atom is 0.248 e.